The molecule has 0 radical (unpaired) electrons. The lowest BCUT2D eigenvalue weighted by Crippen LogP contribution is -2.24. The Morgan fingerprint density at radius 3 is 2.65 bits per heavy atom. The van der Waals surface area contributed by atoms with Gasteiger partial charge in [-0.15, -0.1) is 0 Å². The average molecular weight is 429 g/mol. The molecule has 3 heterocycles. The van der Waals surface area contributed by atoms with Gasteiger partial charge in [-0.2, -0.15) is 13.2 Å². The molecule has 160 valence electrons. The molecule has 4 rings (SSSR count). The molecular formula is C21H18F3N5O2. The second kappa shape index (κ2) is 7.93. The van der Waals surface area contributed by atoms with Crippen molar-refractivity contribution in [3.8, 4) is 0 Å². The van der Waals surface area contributed by atoms with E-state index in [1.54, 1.807) is 18.0 Å². The van der Waals surface area contributed by atoms with E-state index in [1.807, 2.05) is 0 Å². The van der Waals surface area contributed by atoms with Gasteiger partial charge in [0, 0.05) is 30.8 Å². The molecule has 2 aromatic heterocycles. The first-order valence-electron chi connectivity index (χ1n) is 9.55. The van der Waals surface area contributed by atoms with Crippen LogP contribution < -0.4 is 10.5 Å². The van der Waals surface area contributed by atoms with Crippen molar-refractivity contribution in [2.24, 2.45) is 0 Å². The SMILES string of the molecule is C[C@@H](CC(=O)c1cc(=O)[nH]c(N2Cc3cncnc3C2)n1)c1ccc(C(F)(F)F)cc1. The van der Waals surface area contributed by atoms with Crippen molar-refractivity contribution in [2.45, 2.75) is 38.5 Å². The number of nitrogens with zero attached hydrogens (tertiary/aromatic N) is 4. The molecule has 1 aliphatic heterocycles. The quantitative estimate of drug-likeness (QED) is 0.625. The van der Waals surface area contributed by atoms with Crippen LogP contribution in [0, 0.1) is 0 Å². The van der Waals surface area contributed by atoms with Gasteiger partial charge in [0.2, 0.25) is 5.95 Å². The van der Waals surface area contributed by atoms with E-state index in [2.05, 4.69) is 19.9 Å². The van der Waals surface area contributed by atoms with Gasteiger partial charge in [0.05, 0.1) is 17.8 Å². The number of anilines is 1. The Hall–Kier alpha value is -3.56. The first kappa shape index (κ1) is 20.7. The number of aromatic amines is 1. The zero-order valence-corrected chi connectivity index (χ0v) is 16.5. The molecule has 1 aromatic carbocycles. The minimum absolute atomic E-state index is 0.00690. The summed E-state index contributed by atoms with van der Waals surface area (Å²) in [5.41, 5.74) is 1.15. The first-order valence-corrected chi connectivity index (χ1v) is 9.55. The lowest BCUT2D eigenvalue weighted by atomic mass is 9.94. The van der Waals surface area contributed by atoms with Crippen LogP contribution >= 0.6 is 0 Å². The highest BCUT2D eigenvalue weighted by molar-refractivity contribution is 5.94. The highest BCUT2D eigenvalue weighted by atomic mass is 19.4. The number of nitrogens with one attached hydrogen (secondary N) is 1. The highest BCUT2D eigenvalue weighted by Gasteiger charge is 2.30. The molecule has 0 unspecified atom stereocenters. The maximum absolute atomic E-state index is 12.8. The number of alkyl halides is 3. The number of hydrogen-bond acceptors (Lipinski definition) is 6. The molecule has 1 atom stereocenters. The number of hydrogen-bond donors (Lipinski definition) is 1. The molecule has 0 amide bonds. The normalized spacial score (nSPS) is 14.4. The van der Waals surface area contributed by atoms with E-state index in [-0.39, 0.29) is 29.8 Å². The zero-order chi connectivity index (χ0) is 22.2. The van der Waals surface area contributed by atoms with Crippen molar-refractivity contribution in [3.63, 3.8) is 0 Å². The van der Waals surface area contributed by atoms with Gasteiger partial charge in [0.25, 0.3) is 5.56 Å². The minimum atomic E-state index is -4.41. The summed E-state index contributed by atoms with van der Waals surface area (Å²) < 4.78 is 38.2. The number of H-pyrrole nitrogens is 1. The van der Waals surface area contributed by atoms with Crippen LogP contribution in [0.15, 0.2) is 47.7 Å². The third kappa shape index (κ3) is 4.47. The predicted molar refractivity (Wildman–Crippen MR) is 106 cm³/mol. The summed E-state index contributed by atoms with van der Waals surface area (Å²) >= 11 is 0. The van der Waals surface area contributed by atoms with E-state index in [1.165, 1.54) is 18.5 Å². The number of rotatable bonds is 5. The number of benzene rings is 1. The summed E-state index contributed by atoms with van der Waals surface area (Å²) in [5, 5.41) is 0. The molecule has 0 fully saturated rings. The van der Waals surface area contributed by atoms with Crippen LogP contribution in [0.5, 0.6) is 0 Å². The predicted octanol–water partition coefficient (Wildman–Crippen LogP) is 3.48. The van der Waals surface area contributed by atoms with Gasteiger partial charge >= 0.3 is 6.18 Å². The highest BCUT2D eigenvalue weighted by Crippen LogP contribution is 2.31. The van der Waals surface area contributed by atoms with Crippen molar-refractivity contribution < 1.29 is 18.0 Å². The number of halogens is 3. The van der Waals surface area contributed by atoms with Crippen LogP contribution in [0.2, 0.25) is 0 Å². The summed E-state index contributed by atoms with van der Waals surface area (Å²) in [6.07, 6.45) is -1.26. The van der Waals surface area contributed by atoms with Crippen LogP contribution in [-0.2, 0) is 19.3 Å². The molecular weight excluding hydrogens is 411 g/mol. The molecule has 3 aromatic rings. The number of fused-ring (bicyclic) bond motifs is 1. The lowest BCUT2D eigenvalue weighted by Gasteiger charge is -2.16. The van der Waals surface area contributed by atoms with E-state index in [0.717, 1.165) is 29.5 Å². The molecule has 0 saturated heterocycles. The molecule has 1 aliphatic rings. The Bertz CT molecular complexity index is 1150. The first-order chi connectivity index (χ1) is 14.7. The average Bonchev–Trinajstić information content (AvgIpc) is 3.17. The van der Waals surface area contributed by atoms with Gasteiger partial charge < -0.3 is 4.90 Å². The number of carbonyl (C=O) groups is 1. The van der Waals surface area contributed by atoms with Gasteiger partial charge in [0.1, 0.15) is 12.0 Å². The van der Waals surface area contributed by atoms with Crippen LogP contribution in [0.4, 0.5) is 19.1 Å². The molecule has 0 spiro atoms. The van der Waals surface area contributed by atoms with Gasteiger partial charge in [-0.1, -0.05) is 19.1 Å². The van der Waals surface area contributed by atoms with E-state index >= 15 is 0 Å². The number of aromatic nitrogens is 4. The topological polar surface area (TPSA) is 91.8 Å². The van der Waals surface area contributed by atoms with Gasteiger partial charge in [0.15, 0.2) is 5.78 Å². The minimum Gasteiger partial charge on any atom is -0.332 e. The third-order valence-electron chi connectivity index (χ3n) is 5.20. The Morgan fingerprint density at radius 2 is 1.97 bits per heavy atom. The second-order valence-electron chi connectivity index (χ2n) is 7.45. The number of Topliss-reactive ketones (excluding diaryl/α,β-unsaturated/α-hetero) is 1. The van der Waals surface area contributed by atoms with Gasteiger partial charge in [-0.05, 0) is 23.6 Å². The lowest BCUT2D eigenvalue weighted by molar-refractivity contribution is -0.137. The molecule has 0 bridgehead atoms. The van der Waals surface area contributed by atoms with E-state index in [0.29, 0.717) is 18.7 Å². The van der Waals surface area contributed by atoms with Crippen molar-refractivity contribution in [3.05, 3.63) is 81.3 Å². The maximum Gasteiger partial charge on any atom is 0.416 e. The summed E-state index contributed by atoms with van der Waals surface area (Å²) in [5.74, 6) is -0.446. The molecule has 0 aliphatic carbocycles. The van der Waals surface area contributed by atoms with Crippen LogP contribution in [-0.4, -0.2) is 25.7 Å². The Balaban J connectivity index is 1.49. The Labute approximate surface area is 175 Å². The van der Waals surface area contributed by atoms with Crippen molar-refractivity contribution in [1.29, 1.82) is 0 Å². The van der Waals surface area contributed by atoms with Crippen molar-refractivity contribution >= 4 is 11.7 Å². The Morgan fingerprint density at radius 1 is 1.23 bits per heavy atom. The molecule has 1 N–H and O–H groups in total. The van der Waals surface area contributed by atoms with E-state index in [4.69, 9.17) is 0 Å². The fourth-order valence-electron chi connectivity index (χ4n) is 3.49. The fraction of sp³-hybridized carbons (Fsp3) is 0.286. The molecule has 31 heavy (non-hydrogen) atoms. The summed E-state index contributed by atoms with van der Waals surface area (Å²) in [4.78, 5) is 41.8. The zero-order valence-electron chi connectivity index (χ0n) is 16.5. The summed E-state index contributed by atoms with van der Waals surface area (Å²) in [7, 11) is 0. The summed E-state index contributed by atoms with van der Waals surface area (Å²) in [6, 6.07) is 5.84. The van der Waals surface area contributed by atoms with Crippen molar-refractivity contribution in [2.75, 3.05) is 4.90 Å². The monoisotopic (exact) mass is 429 g/mol. The van der Waals surface area contributed by atoms with E-state index < -0.39 is 17.3 Å². The molecule has 10 heteroatoms. The van der Waals surface area contributed by atoms with Crippen molar-refractivity contribution in [1.82, 2.24) is 19.9 Å². The fourth-order valence-corrected chi connectivity index (χ4v) is 3.49. The smallest absolute Gasteiger partial charge is 0.332 e. The standard InChI is InChI=1S/C21H18F3N5O2/c1-12(13-2-4-15(5-3-13)21(22,23)24)6-18(30)16-7-19(31)28-20(27-16)29-9-14-8-25-11-26-17(14)10-29/h2-5,7-8,11-12H,6,9-10H2,1H3,(H,27,28,31)/t12-/m0/s1. The van der Waals surface area contributed by atoms with Crippen LogP contribution in [0.3, 0.4) is 0 Å². The van der Waals surface area contributed by atoms with E-state index in [9.17, 15) is 22.8 Å². The number of carbonyl (C=O) groups excluding carboxylic acids is 1. The molecule has 0 saturated carbocycles. The maximum atomic E-state index is 12.8. The largest absolute Gasteiger partial charge is 0.416 e. The second-order valence-corrected chi connectivity index (χ2v) is 7.45. The van der Waals surface area contributed by atoms with Crippen LogP contribution in [0.25, 0.3) is 0 Å². The summed E-state index contributed by atoms with van der Waals surface area (Å²) in [6.45, 7) is 2.63. The van der Waals surface area contributed by atoms with Crippen LogP contribution in [0.1, 0.15) is 52.1 Å². The van der Waals surface area contributed by atoms with Gasteiger partial charge in [-0.25, -0.2) is 15.0 Å². The molecule has 7 nitrogen and oxygen atoms in total. The third-order valence-corrected chi connectivity index (χ3v) is 5.20. The number of ketones is 1. The van der Waals surface area contributed by atoms with Gasteiger partial charge in [-0.3, -0.25) is 14.6 Å². The Kier molecular flexibility index (Phi) is 5.30.